The summed E-state index contributed by atoms with van der Waals surface area (Å²) in [7, 11) is -0.980. The molecule has 0 fully saturated rings. The average molecular weight is 545 g/mol. The molecule has 2 rings (SSSR count). The second kappa shape index (κ2) is 11.7. The third-order valence-electron chi connectivity index (χ3n) is 5.19. The molecule has 13 heteroatoms. The number of hydrogen-bond acceptors (Lipinski definition) is 7. The lowest BCUT2D eigenvalue weighted by Gasteiger charge is -2.33. The van der Waals surface area contributed by atoms with Crippen molar-refractivity contribution in [2.24, 2.45) is 5.41 Å². The van der Waals surface area contributed by atoms with E-state index in [1.807, 2.05) is 0 Å². The highest BCUT2D eigenvalue weighted by Gasteiger charge is 2.40. The number of ether oxygens (including phenoxy) is 3. The van der Waals surface area contributed by atoms with Crippen LogP contribution in [0.5, 0.6) is 17.2 Å². The van der Waals surface area contributed by atoms with Crippen LogP contribution >= 0.6 is 0 Å². The Morgan fingerprint density at radius 2 is 1.73 bits per heavy atom. The summed E-state index contributed by atoms with van der Waals surface area (Å²) in [4.78, 5) is 16.1. The molecule has 202 valence electrons. The van der Waals surface area contributed by atoms with Crippen molar-refractivity contribution in [2.45, 2.75) is 32.7 Å². The molecule has 0 aromatic heterocycles. The number of hydrogen-bond donors (Lipinski definition) is 1. The molecule has 0 heterocycles. The van der Waals surface area contributed by atoms with Gasteiger partial charge in [-0.25, -0.2) is 4.85 Å². The molecule has 9 nitrogen and oxygen atoms in total. The minimum absolute atomic E-state index is 0.0423. The lowest BCUT2D eigenvalue weighted by Crippen LogP contribution is -2.49. The van der Waals surface area contributed by atoms with E-state index < -0.39 is 51.6 Å². The van der Waals surface area contributed by atoms with Crippen molar-refractivity contribution >= 4 is 21.7 Å². The SMILES string of the molecule is [C-]#[N+]c1ccc(OC(C(=O)NCc2ccc(OC)cc2OC)C(C)(C)COS(C)(=O)=O)cc1C(F)(F)F. The highest BCUT2D eigenvalue weighted by atomic mass is 32.2. The molecule has 0 aliphatic heterocycles. The Labute approximate surface area is 213 Å². The fourth-order valence-electron chi connectivity index (χ4n) is 3.22. The van der Waals surface area contributed by atoms with Crippen LogP contribution in [0.4, 0.5) is 18.9 Å². The Morgan fingerprint density at radius 3 is 2.27 bits per heavy atom. The number of rotatable bonds is 11. The minimum Gasteiger partial charge on any atom is -0.497 e. The second-order valence-electron chi connectivity index (χ2n) is 8.64. The van der Waals surface area contributed by atoms with Gasteiger partial charge in [0.1, 0.15) is 17.2 Å². The molecular formula is C24H27F3N2O7S. The van der Waals surface area contributed by atoms with Gasteiger partial charge >= 0.3 is 6.18 Å². The number of nitrogens with one attached hydrogen (secondary N) is 1. The van der Waals surface area contributed by atoms with Gasteiger partial charge in [-0.15, -0.1) is 0 Å². The number of carbonyl (C=O) groups is 1. The van der Waals surface area contributed by atoms with Crippen molar-refractivity contribution in [3.63, 3.8) is 0 Å². The van der Waals surface area contributed by atoms with Crippen molar-refractivity contribution in [2.75, 3.05) is 27.1 Å². The van der Waals surface area contributed by atoms with Gasteiger partial charge in [0.15, 0.2) is 11.8 Å². The maximum atomic E-state index is 13.4. The molecule has 1 unspecified atom stereocenters. The van der Waals surface area contributed by atoms with Crippen LogP contribution in [-0.2, 0) is 31.8 Å². The van der Waals surface area contributed by atoms with Crippen molar-refractivity contribution in [1.29, 1.82) is 0 Å². The normalized spacial score (nSPS) is 12.8. The van der Waals surface area contributed by atoms with Crippen LogP contribution in [-0.4, -0.2) is 47.5 Å². The van der Waals surface area contributed by atoms with Crippen LogP contribution in [0.3, 0.4) is 0 Å². The molecular weight excluding hydrogens is 517 g/mol. The van der Waals surface area contributed by atoms with Crippen molar-refractivity contribution in [1.82, 2.24) is 5.32 Å². The fourth-order valence-corrected chi connectivity index (χ4v) is 3.74. The van der Waals surface area contributed by atoms with Gasteiger partial charge in [-0.2, -0.15) is 21.6 Å². The Morgan fingerprint density at radius 1 is 1.08 bits per heavy atom. The van der Waals surface area contributed by atoms with E-state index in [1.165, 1.54) is 28.1 Å². The average Bonchev–Trinajstić information content (AvgIpc) is 2.83. The summed E-state index contributed by atoms with van der Waals surface area (Å²) in [6.45, 7) is 9.37. The molecule has 1 atom stereocenters. The maximum Gasteiger partial charge on any atom is 0.407 e. The van der Waals surface area contributed by atoms with E-state index in [0.29, 0.717) is 23.1 Å². The Hall–Kier alpha value is -3.50. The van der Waals surface area contributed by atoms with Gasteiger partial charge < -0.3 is 19.5 Å². The molecule has 0 spiro atoms. The van der Waals surface area contributed by atoms with Crippen LogP contribution in [0.1, 0.15) is 25.0 Å². The summed E-state index contributed by atoms with van der Waals surface area (Å²) in [5.41, 5.74) is -2.62. The predicted molar refractivity (Wildman–Crippen MR) is 128 cm³/mol. The van der Waals surface area contributed by atoms with E-state index >= 15 is 0 Å². The van der Waals surface area contributed by atoms with Crippen LogP contribution in [0.25, 0.3) is 4.85 Å². The molecule has 0 bridgehead atoms. The first-order valence-corrected chi connectivity index (χ1v) is 12.5. The first-order valence-electron chi connectivity index (χ1n) is 10.7. The van der Waals surface area contributed by atoms with Crippen LogP contribution in [0, 0.1) is 12.0 Å². The number of nitrogens with zero attached hydrogens (tertiary/aromatic N) is 1. The van der Waals surface area contributed by atoms with Gasteiger partial charge in [-0.05, 0) is 24.3 Å². The second-order valence-corrected chi connectivity index (χ2v) is 10.3. The third-order valence-corrected chi connectivity index (χ3v) is 5.73. The molecule has 1 N–H and O–H groups in total. The number of alkyl halides is 3. The van der Waals surface area contributed by atoms with E-state index in [4.69, 9.17) is 25.0 Å². The maximum absolute atomic E-state index is 13.4. The first-order chi connectivity index (χ1) is 17.1. The van der Waals surface area contributed by atoms with Gasteiger partial charge in [-0.1, -0.05) is 19.9 Å². The summed E-state index contributed by atoms with van der Waals surface area (Å²) in [5.74, 6) is -0.144. The van der Waals surface area contributed by atoms with Gasteiger partial charge in [-0.3, -0.25) is 8.98 Å². The Balaban J connectivity index is 2.39. The Kier molecular flexibility index (Phi) is 9.40. The Bertz CT molecular complexity index is 1270. The van der Waals surface area contributed by atoms with Gasteiger partial charge in [0.25, 0.3) is 16.0 Å². The smallest absolute Gasteiger partial charge is 0.407 e. The van der Waals surface area contributed by atoms with Crippen molar-refractivity contribution in [3.8, 4) is 17.2 Å². The molecule has 37 heavy (non-hydrogen) atoms. The zero-order chi connectivity index (χ0) is 28.0. The topological polar surface area (TPSA) is 105 Å². The molecule has 0 saturated carbocycles. The van der Waals surface area contributed by atoms with Crippen molar-refractivity contribution < 1.29 is 44.8 Å². The molecule has 0 radical (unpaired) electrons. The van der Waals surface area contributed by atoms with E-state index in [0.717, 1.165) is 18.4 Å². The highest BCUT2D eigenvalue weighted by Crippen LogP contribution is 2.39. The molecule has 1 amide bonds. The fraction of sp³-hybridized carbons (Fsp3) is 0.417. The lowest BCUT2D eigenvalue weighted by atomic mass is 9.86. The number of halogens is 3. The summed E-state index contributed by atoms with van der Waals surface area (Å²) in [6.07, 6.45) is -5.50. The highest BCUT2D eigenvalue weighted by molar-refractivity contribution is 7.85. The summed E-state index contributed by atoms with van der Waals surface area (Å²) < 4.78 is 84.4. The zero-order valence-corrected chi connectivity index (χ0v) is 21.6. The third kappa shape index (κ3) is 8.26. The van der Waals surface area contributed by atoms with Crippen LogP contribution in [0.2, 0.25) is 0 Å². The number of carbonyl (C=O) groups excluding carboxylic acids is 1. The quantitative estimate of drug-likeness (QED) is 0.332. The van der Waals surface area contributed by atoms with Gasteiger partial charge in [0, 0.05) is 23.6 Å². The molecule has 0 aliphatic rings. The van der Waals surface area contributed by atoms with E-state index in [2.05, 4.69) is 10.2 Å². The predicted octanol–water partition coefficient (Wildman–Crippen LogP) is 4.34. The van der Waals surface area contributed by atoms with E-state index in [-0.39, 0.29) is 12.3 Å². The number of amides is 1. The van der Waals surface area contributed by atoms with Crippen molar-refractivity contribution in [3.05, 3.63) is 58.9 Å². The van der Waals surface area contributed by atoms with Gasteiger partial charge in [0.05, 0.1) is 39.2 Å². The zero-order valence-electron chi connectivity index (χ0n) is 20.8. The summed E-state index contributed by atoms with van der Waals surface area (Å²) in [6, 6.07) is 7.60. The molecule has 0 saturated heterocycles. The van der Waals surface area contributed by atoms with Crippen LogP contribution in [0.15, 0.2) is 36.4 Å². The summed E-state index contributed by atoms with van der Waals surface area (Å²) >= 11 is 0. The standard InChI is InChI=1S/C24H27F3N2O7S/c1-23(2,14-35-37(6,31)32)21(36-17-9-10-19(28-3)18(11-17)24(25,26)27)22(30)29-13-15-7-8-16(33-4)12-20(15)34-5/h7-12,21H,13-14H2,1-2,4-6H3,(H,29,30). The van der Waals surface area contributed by atoms with Crippen LogP contribution < -0.4 is 19.5 Å². The monoisotopic (exact) mass is 544 g/mol. The van der Waals surface area contributed by atoms with Gasteiger partial charge in [0.2, 0.25) is 0 Å². The number of benzene rings is 2. The minimum atomic E-state index is -4.84. The first kappa shape index (κ1) is 29.7. The van der Waals surface area contributed by atoms with E-state index in [1.54, 1.807) is 18.2 Å². The number of methoxy groups -OCH3 is 2. The van der Waals surface area contributed by atoms with E-state index in [9.17, 15) is 26.4 Å². The lowest BCUT2D eigenvalue weighted by molar-refractivity contribution is -0.137. The molecule has 0 aliphatic carbocycles. The molecule has 2 aromatic rings. The summed E-state index contributed by atoms with van der Waals surface area (Å²) in [5, 5.41) is 2.64. The largest absolute Gasteiger partial charge is 0.497 e. The molecule has 2 aromatic carbocycles.